The van der Waals surface area contributed by atoms with Crippen LogP contribution in [0.3, 0.4) is 0 Å². The third kappa shape index (κ3) is 14.9. The molecule has 0 aliphatic heterocycles. The van der Waals surface area contributed by atoms with Crippen LogP contribution in [0.1, 0.15) is 64.3 Å². The second kappa shape index (κ2) is 18.8. The molecule has 0 aliphatic rings. The summed E-state index contributed by atoms with van der Waals surface area (Å²) < 4.78 is 57.1. The first-order valence-electron chi connectivity index (χ1n) is 16.3. The fourth-order valence-corrected chi connectivity index (χ4v) is 4.61. The molecule has 1 atom stereocenters. The molecule has 2 N–H and O–H groups in total. The third-order valence-corrected chi connectivity index (χ3v) is 7.21. The molecule has 12 nitrogen and oxygen atoms in total. The van der Waals surface area contributed by atoms with Gasteiger partial charge in [-0.25, -0.2) is 9.59 Å². The Morgan fingerprint density at radius 3 is 1.38 bits per heavy atom. The number of esters is 2. The largest absolute Gasteiger partial charge is 0.759 e. The van der Waals surface area contributed by atoms with Gasteiger partial charge in [-0.2, -0.15) is 0 Å². The molecule has 5 aromatic rings. The number of aliphatic hydroxyl groups excluding tert-OH is 1. The number of nitrogens with one attached hydrogen (secondary N) is 1. The van der Waals surface area contributed by atoms with Gasteiger partial charge in [0, 0.05) is 28.5 Å². The monoisotopic (exact) mass is 741 g/mol. The Balaban J connectivity index is 0.00000117. The first-order chi connectivity index (χ1) is 25.1. The molecular formula is C40H39NO11S-2. The molecule has 1 unspecified atom stereocenters. The molecule has 0 heterocycles. The maximum Gasteiger partial charge on any atom is 0.343 e. The van der Waals surface area contributed by atoms with Gasteiger partial charge in [-0.3, -0.25) is 8.42 Å². The maximum absolute atomic E-state index is 13.1. The molecule has 0 radical (unpaired) electrons. The molecule has 5 aromatic carbocycles. The van der Waals surface area contributed by atoms with E-state index in [1.54, 1.807) is 60.7 Å². The van der Waals surface area contributed by atoms with Crippen molar-refractivity contribution in [2.45, 2.75) is 45.6 Å². The van der Waals surface area contributed by atoms with Crippen LogP contribution in [0.25, 0.3) is 0 Å². The minimum Gasteiger partial charge on any atom is -0.759 e. The van der Waals surface area contributed by atoms with Crippen molar-refractivity contribution in [1.82, 2.24) is 5.32 Å². The van der Waals surface area contributed by atoms with E-state index in [1.165, 1.54) is 6.07 Å². The average molecular weight is 742 g/mol. The predicted molar refractivity (Wildman–Crippen MR) is 194 cm³/mol. The van der Waals surface area contributed by atoms with Crippen molar-refractivity contribution in [3.05, 3.63) is 155 Å². The van der Waals surface area contributed by atoms with E-state index in [0.717, 1.165) is 11.1 Å². The van der Waals surface area contributed by atoms with E-state index in [9.17, 15) is 14.7 Å². The van der Waals surface area contributed by atoms with E-state index in [-0.39, 0.29) is 23.6 Å². The van der Waals surface area contributed by atoms with Crippen molar-refractivity contribution in [3.8, 4) is 23.0 Å². The summed E-state index contributed by atoms with van der Waals surface area (Å²) in [5, 5.41) is 14.2. The van der Waals surface area contributed by atoms with Gasteiger partial charge in [0.25, 0.3) is 0 Å². The molecule has 0 aromatic heterocycles. The van der Waals surface area contributed by atoms with Crippen LogP contribution in [0.4, 0.5) is 0 Å². The minimum absolute atomic E-state index is 0.115. The fourth-order valence-electron chi connectivity index (χ4n) is 4.61. The zero-order valence-corrected chi connectivity index (χ0v) is 30.1. The molecule has 0 fully saturated rings. The lowest BCUT2D eigenvalue weighted by molar-refractivity contribution is 0.0730. The highest BCUT2D eigenvalue weighted by Crippen LogP contribution is 2.29. The van der Waals surface area contributed by atoms with E-state index in [0.29, 0.717) is 41.4 Å². The summed E-state index contributed by atoms with van der Waals surface area (Å²) in [4.78, 5) is 26.2. The topological polar surface area (TPSA) is 184 Å². The van der Waals surface area contributed by atoms with Crippen molar-refractivity contribution in [2.24, 2.45) is 0 Å². The number of rotatable bonds is 13. The molecule has 0 aliphatic carbocycles. The molecule has 5 rings (SSSR count). The molecule has 53 heavy (non-hydrogen) atoms. The molecule has 278 valence electrons. The van der Waals surface area contributed by atoms with Crippen molar-refractivity contribution >= 4 is 22.3 Å². The average Bonchev–Trinajstić information content (AvgIpc) is 3.12. The van der Waals surface area contributed by atoms with Crippen LogP contribution < -0.4 is 24.3 Å². The highest BCUT2D eigenvalue weighted by molar-refractivity contribution is 7.79. The number of carbonyl (C=O) groups excluding carboxylic acids is 2. The van der Waals surface area contributed by atoms with E-state index < -0.39 is 28.4 Å². The summed E-state index contributed by atoms with van der Waals surface area (Å²) in [6.45, 7) is 6.99. The van der Waals surface area contributed by atoms with Crippen molar-refractivity contribution in [3.63, 3.8) is 0 Å². The molecule has 0 amide bonds. The Bertz CT molecular complexity index is 1900. The van der Waals surface area contributed by atoms with Gasteiger partial charge in [0.05, 0.1) is 17.2 Å². The molecule has 13 heteroatoms. The van der Waals surface area contributed by atoms with Gasteiger partial charge in [0.2, 0.25) is 0 Å². The summed E-state index contributed by atoms with van der Waals surface area (Å²) in [6.07, 6.45) is -0.970. The lowest BCUT2D eigenvalue weighted by atomic mass is 10.1. The quantitative estimate of drug-likeness (QED) is 0.0590. The van der Waals surface area contributed by atoms with Crippen LogP contribution in [0, 0.1) is 0 Å². The van der Waals surface area contributed by atoms with Crippen LogP contribution in [0.2, 0.25) is 0 Å². The van der Waals surface area contributed by atoms with Gasteiger partial charge in [0.15, 0.2) is 0 Å². The van der Waals surface area contributed by atoms with Gasteiger partial charge in [-0.05, 0) is 98.1 Å². The molecule has 0 bridgehead atoms. The summed E-state index contributed by atoms with van der Waals surface area (Å²) in [6, 6.07) is 37.4. The maximum atomic E-state index is 13.1. The zero-order chi connectivity index (χ0) is 38.4. The van der Waals surface area contributed by atoms with Crippen molar-refractivity contribution in [1.29, 1.82) is 0 Å². The van der Waals surface area contributed by atoms with Crippen LogP contribution >= 0.6 is 0 Å². The van der Waals surface area contributed by atoms with Crippen molar-refractivity contribution < 1.29 is 51.2 Å². The van der Waals surface area contributed by atoms with Gasteiger partial charge < -0.3 is 38.5 Å². The Labute approximate surface area is 308 Å². The number of hydrogen-bond acceptors (Lipinski definition) is 12. The SMILES string of the molecule is CC(C)(C)NCC(O)c1cc(OC(=O)c2ccc(OCc3ccccc3)cc2)cc(OC(=O)c2ccc(OCc3ccccc3)cc2)c1.O=S(=O)([O-])[O-]. The Hall–Kier alpha value is -5.57. The Kier molecular flexibility index (Phi) is 14.2. The number of ether oxygens (including phenoxy) is 4. The number of β-amino-alcohol motifs (C(OH)–C–C–N with tert-alkyl or cyclic N) is 1. The number of aliphatic hydroxyl groups is 1. The number of benzene rings is 5. The highest BCUT2D eigenvalue weighted by atomic mass is 32.3. The van der Waals surface area contributed by atoms with Crippen LogP contribution in [0.5, 0.6) is 23.0 Å². The van der Waals surface area contributed by atoms with E-state index in [4.69, 9.17) is 36.5 Å². The second-order valence-corrected chi connectivity index (χ2v) is 13.5. The van der Waals surface area contributed by atoms with Gasteiger partial charge in [-0.15, -0.1) is 0 Å². The number of carbonyl (C=O) groups is 2. The molecule has 0 saturated heterocycles. The van der Waals surface area contributed by atoms with E-state index in [2.05, 4.69) is 5.32 Å². The minimum atomic E-state index is -5.17. The Morgan fingerprint density at radius 2 is 1.02 bits per heavy atom. The second-order valence-electron chi connectivity index (χ2n) is 12.7. The normalized spacial score (nSPS) is 11.7. The van der Waals surface area contributed by atoms with E-state index >= 15 is 0 Å². The predicted octanol–water partition coefficient (Wildman–Crippen LogP) is 6.37. The molecule has 0 spiro atoms. The van der Waals surface area contributed by atoms with Crippen LogP contribution in [0.15, 0.2) is 127 Å². The standard InChI is InChI=1S/C40H39NO7.H2O4S/c1-40(2,3)41-25-37(42)32-22-35(47-38(43)30-14-18-33(19-15-30)45-26-28-10-6-4-7-11-28)24-36(23-32)48-39(44)31-16-20-34(21-17-31)46-27-29-12-8-5-9-13-29;1-5(2,3)4/h4-24,37,41-42H,25-27H2,1-3H3;(H2,1,2,3,4)/p-2. The first kappa shape index (κ1) is 40.2. The summed E-state index contributed by atoms with van der Waals surface area (Å²) in [7, 11) is -5.17. The highest BCUT2D eigenvalue weighted by Gasteiger charge is 2.19. The molecule has 0 saturated carbocycles. The van der Waals surface area contributed by atoms with Crippen molar-refractivity contribution in [2.75, 3.05) is 6.54 Å². The first-order valence-corrected chi connectivity index (χ1v) is 17.7. The number of hydrogen-bond donors (Lipinski definition) is 2. The lowest BCUT2D eigenvalue weighted by Crippen LogP contribution is -2.38. The Morgan fingerprint density at radius 1 is 0.642 bits per heavy atom. The lowest BCUT2D eigenvalue weighted by Gasteiger charge is -2.23. The van der Waals surface area contributed by atoms with Gasteiger partial charge in [-0.1, -0.05) is 60.7 Å². The van der Waals surface area contributed by atoms with Gasteiger partial charge in [0.1, 0.15) is 36.2 Å². The molecular weight excluding hydrogens is 703 g/mol. The third-order valence-electron chi connectivity index (χ3n) is 7.21. The zero-order valence-electron chi connectivity index (χ0n) is 29.3. The summed E-state index contributed by atoms with van der Waals surface area (Å²) in [5.74, 6) is 0.210. The summed E-state index contributed by atoms with van der Waals surface area (Å²) >= 11 is 0. The van der Waals surface area contributed by atoms with Gasteiger partial charge >= 0.3 is 11.9 Å². The van der Waals surface area contributed by atoms with Crippen LogP contribution in [-0.2, 0) is 23.6 Å². The summed E-state index contributed by atoms with van der Waals surface area (Å²) in [5.41, 5.74) is 2.83. The fraction of sp³-hybridized carbons (Fsp3) is 0.200. The smallest absolute Gasteiger partial charge is 0.343 e. The van der Waals surface area contributed by atoms with Crippen LogP contribution in [-0.4, -0.2) is 46.7 Å². The van der Waals surface area contributed by atoms with E-state index in [1.807, 2.05) is 81.4 Å².